The monoisotopic (exact) mass is 401 g/mol. The molecular formula is C30H27N. The van der Waals surface area contributed by atoms with Gasteiger partial charge in [0.25, 0.3) is 0 Å². The van der Waals surface area contributed by atoms with E-state index in [1.54, 1.807) is 11.1 Å². The van der Waals surface area contributed by atoms with Crippen LogP contribution in [0, 0.1) is 22.3 Å². The topological polar surface area (TPSA) is 12.9 Å². The zero-order valence-corrected chi connectivity index (χ0v) is 17.9. The number of nitrogens with zero attached hydrogens (tertiary/aromatic N) is 1. The zero-order chi connectivity index (χ0) is 20.4. The average Bonchev–Trinajstić information content (AvgIpc) is 3.25. The quantitative estimate of drug-likeness (QED) is 0.599. The number of allylic oxidation sites excluding steroid dienone is 1. The van der Waals surface area contributed by atoms with Gasteiger partial charge in [0.1, 0.15) is 0 Å². The number of hydrogen-bond acceptors (Lipinski definition) is 1. The van der Waals surface area contributed by atoms with Gasteiger partial charge in [-0.2, -0.15) is 0 Å². The van der Waals surface area contributed by atoms with E-state index in [1.807, 2.05) is 0 Å². The van der Waals surface area contributed by atoms with E-state index in [1.165, 1.54) is 75.4 Å². The highest BCUT2D eigenvalue weighted by atomic mass is 14.7. The minimum absolute atomic E-state index is 0.781. The molecule has 1 heterocycles. The molecule has 1 unspecified atom stereocenters. The molecule has 2 aromatic carbocycles. The highest BCUT2D eigenvalue weighted by Gasteiger charge is 2.32. The molecule has 1 saturated carbocycles. The van der Waals surface area contributed by atoms with Gasteiger partial charge in [-0.1, -0.05) is 73.9 Å². The minimum Gasteiger partial charge on any atom is -0.260 e. The van der Waals surface area contributed by atoms with Crippen LogP contribution in [0.5, 0.6) is 0 Å². The van der Waals surface area contributed by atoms with Gasteiger partial charge in [-0.15, -0.1) is 0 Å². The molecule has 4 aliphatic carbocycles. The number of benzene rings is 2. The highest BCUT2D eigenvalue weighted by Crippen LogP contribution is 2.41. The van der Waals surface area contributed by atoms with Gasteiger partial charge >= 0.3 is 0 Å². The maximum absolute atomic E-state index is 4.84. The summed E-state index contributed by atoms with van der Waals surface area (Å²) in [5.41, 5.74) is 8.63. The van der Waals surface area contributed by atoms with Gasteiger partial charge in [0.2, 0.25) is 0 Å². The zero-order valence-electron chi connectivity index (χ0n) is 17.9. The third-order valence-electron chi connectivity index (χ3n) is 8.24. The molecule has 0 N–H and O–H groups in total. The Labute approximate surface area is 183 Å². The molecule has 1 atom stereocenters. The Morgan fingerprint density at radius 3 is 2.61 bits per heavy atom. The van der Waals surface area contributed by atoms with E-state index >= 15 is 0 Å². The van der Waals surface area contributed by atoms with Crippen LogP contribution in [-0.4, -0.2) is 4.98 Å². The summed E-state index contributed by atoms with van der Waals surface area (Å²) in [6.07, 6.45) is 17.8. The van der Waals surface area contributed by atoms with E-state index in [9.17, 15) is 0 Å². The molecule has 31 heavy (non-hydrogen) atoms. The molecule has 0 radical (unpaired) electrons. The summed E-state index contributed by atoms with van der Waals surface area (Å²) in [4.78, 5) is 4.84. The van der Waals surface area contributed by atoms with Gasteiger partial charge in [-0.25, -0.2) is 0 Å². The fourth-order valence-electron chi connectivity index (χ4n) is 6.34. The summed E-state index contributed by atoms with van der Waals surface area (Å²) < 4.78 is 0. The van der Waals surface area contributed by atoms with Crippen molar-refractivity contribution in [2.75, 3.05) is 0 Å². The van der Waals surface area contributed by atoms with Gasteiger partial charge < -0.3 is 0 Å². The van der Waals surface area contributed by atoms with Crippen molar-refractivity contribution >= 4 is 17.7 Å². The van der Waals surface area contributed by atoms with Crippen LogP contribution in [-0.2, 0) is 19.3 Å². The van der Waals surface area contributed by atoms with Gasteiger partial charge in [-0.05, 0) is 85.9 Å². The van der Waals surface area contributed by atoms with Crippen LogP contribution >= 0.6 is 0 Å². The van der Waals surface area contributed by atoms with Crippen LogP contribution in [0.4, 0.5) is 0 Å². The summed E-state index contributed by atoms with van der Waals surface area (Å²) in [6.45, 7) is 0. The molecule has 0 bridgehead atoms. The van der Waals surface area contributed by atoms with Crippen molar-refractivity contribution in [3.63, 3.8) is 0 Å². The molecule has 0 spiro atoms. The molecule has 3 aromatic rings. The van der Waals surface area contributed by atoms with Gasteiger partial charge in [0.15, 0.2) is 0 Å². The maximum Gasteiger partial charge on any atom is 0.0513 e. The summed E-state index contributed by atoms with van der Waals surface area (Å²) in [6, 6.07) is 16.1. The Bertz CT molecular complexity index is 1470. The van der Waals surface area contributed by atoms with Crippen molar-refractivity contribution in [1.82, 2.24) is 4.98 Å². The second kappa shape index (κ2) is 6.79. The first kappa shape index (κ1) is 17.7. The van der Waals surface area contributed by atoms with Gasteiger partial charge in [0.05, 0.1) is 5.69 Å². The van der Waals surface area contributed by atoms with E-state index in [0.717, 1.165) is 24.7 Å². The van der Waals surface area contributed by atoms with Crippen molar-refractivity contribution in [3.8, 4) is 0 Å². The Morgan fingerprint density at radius 1 is 0.806 bits per heavy atom. The molecular weight excluding hydrogens is 374 g/mol. The summed E-state index contributed by atoms with van der Waals surface area (Å²) in [5, 5.41) is 5.75. The van der Waals surface area contributed by atoms with E-state index < -0.39 is 0 Å². The number of aromatic nitrogens is 1. The predicted molar refractivity (Wildman–Crippen MR) is 127 cm³/mol. The van der Waals surface area contributed by atoms with E-state index in [0.29, 0.717) is 0 Å². The molecule has 1 nitrogen and oxygen atoms in total. The lowest BCUT2D eigenvalue weighted by Gasteiger charge is -2.37. The van der Waals surface area contributed by atoms with Crippen molar-refractivity contribution in [2.24, 2.45) is 11.8 Å². The second-order valence-corrected chi connectivity index (χ2v) is 9.82. The first-order valence-corrected chi connectivity index (χ1v) is 11.9. The number of rotatable bonds is 2. The lowest BCUT2D eigenvalue weighted by atomic mass is 9.67. The first-order chi connectivity index (χ1) is 15.3. The van der Waals surface area contributed by atoms with Crippen molar-refractivity contribution < 1.29 is 0 Å². The van der Waals surface area contributed by atoms with Gasteiger partial charge in [-0.3, -0.25) is 4.98 Å². The van der Waals surface area contributed by atoms with Crippen LogP contribution in [0.15, 0.2) is 54.7 Å². The van der Waals surface area contributed by atoms with Crippen LogP contribution in [0.1, 0.15) is 53.6 Å². The Hall–Kier alpha value is -2.93. The normalized spacial score (nSPS) is 20.9. The van der Waals surface area contributed by atoms with Crippen LogP contribution in [0.25, 0.3) is 17.7 Å². The minimum atomic E-state index is 0.781. The van der Waals surface area contributed by atoms with Crippen molar-refractivity contribution in [3.05, 3.63) is 104 Å². The lowest BCUT2D eigenvalue weighted by molar-refractivity contribution is 0.205. The van der Waals surface area contributed by atoms with Crippen molar-refractivity contribution in [1.29, 1.82) is 0 Å². The Balaban J connectivity index is 1.51. The molecule has 152 valence electrons. The molecule has 1 heteroatoms. The summed E-state index contributed by atoms with van der Waals surface area (Å²) in [7, 11) is 0. The standard InChI is InChI=1S/C30H27N/c1-2-9-24-20(5-1)11-12-26-25(24)13-14-27-28(16-22(17-29(26)27)19-6-3-7-19)23-15-21-8-4-10-30(21)31-18-23/h1-2,4-5,8-9,11,13-15,18-19,22H,3,6-7,10,12,16-17H2. The fourth-order valence-corrected chi connectivity index (χ4v) is 6.34. The molecule has 1 aromatic heterocycles. The fraction of sp³-hybridized carbons (Fsp3) is 0.300. The van der Waals surface area contributed by atoms with E-state index in [4.69, 9.17) is 4.98 Å². The van der Waals surface area contributed by atoms with Crippen LogP contribution in [0.2, 0.25) is 0 Å². The average molecular weight is 402 g/mol. The van der Waals surface area contributed by atoms with Crippen LogP contribution < -0.4 is 10.4 Å². The number of hydrogen-bond donors (Lipinski definition) is 0. The molecule has 4 aliphatic rings. The smallest absolute Gasteiger partial charge is 0.0513 e. The largest absolute Gasteiger partial charge is 0.260 e. The Morgan fingerprint density at radius 2 is 1.71 bits per heavy atom. The second-order valence-electron chi connectivity index (χ2n) is 9.82. The van der Waals surface area contributed by atoms with Gasteiger partial charge in [0, 0.05) is 12.6 Å². The summed E-state index contributed by atoms with van der Waals surface area (Å²) >= 11 is 0. The number of pyridine rings is 1. The highest BCUT2D eigenvalue weighted by molar-refractivity contribution is 5.71. The molecule has 0 aliphatic heterocycles. The SMILES string of the molecule is C1=Cc2cc(C3=c4ccc5c(c4CC(C4CCC4)C3)CC=c3ccccc3=5)cnc2C1. The third kappa shape index (κ3) is 2.72. The van der Waals surface area contributed by atoms with E-state index in [-0.39, 0.29) is 0 Å². The van der Waals surface area contributed by atoms with E-state index in [2.05, 4.69) is 66.9 Å². The molecule has 1 fully saturated rings. The number of fused-ring (bicyclic) bond motifs is 5. The maximum atomic E-state index is 4.84. The lowest BCUT2D eigenvalue weighted by Crippen LogP contribution is -2.33. The van der Waals surface area contributed by atoms with Crippen LogP contribution in [0.3, 0.4) is 0 Å². The Kier molecular flexibility index (Phi) is 3.88. The summed E-state index contributed by atoms with van der Waals surface area (Å²) in [5.74, 6) is 1.69. The van der Waals surface area contributed by atoms with Crippen molar-refractivity contribution in [2.45, 2.75) is 44.9 Å². The molecule has 7 rings (SSSR count). The molecule has 0 saturated heterocycles. The first-order valence-electron chi connectivity index (χ1n) is 11.9. The predicted octanol–water partition coefficient (Wildman–Crippen LogP) is 4.84. The third-order valence-corrected chi connectivity index (χ3v) is 8.24. The molecule has 0 amide bonds.